The van der Waals surface area contributed by atoms with E-state index in [0.717, 1.165) is 23.6 Å². The lowest BCUT2D eigenvalue weighted by atomic mass is 10.0. The van der Waals surface area contributed by atoms with Gasteiger partial charge in [-0.2, -0.15) is 0 Å². The molecule has 1 heterocycles. The number of aromatic nitrogens is 1. The molecule has 1 aromatic heterocycles. The summed E-state index contributed by atoms with van der Waals surface area (Å²) in [5.74, 6) is 1.48. The summed E-state index contributed by atoms with van der Waals surface area (Å²) in [6, 6.07) is 2.08. The molecule has 14 heavy (non-hydrogen) atoms. The molecule has 4 N–H and O–H groups in total. The maximum atomic E-state index is 6.09. The zero-order valence-corrected chi connectivity index (χ0v) is 8.48. The van der Waals surface area contributed by atoms with Gasteiger partial charge in [0.15, 0.2) is 0 Å². The van der Waals surface area contributed by atoms with Crippen LogP contribution < -0.4 is 11.5 Å². The molecule has 0 saturated heterocycles. The summed E-state index contributed by atoms with van der Waals surface area (Å²) in [5, 5.41) is 0. The monoisotopic (exact) mass is 191 g/mol. The molecule has 3 heteroatoms. The fraction of sp³-hybridized carbons (Fsp3) is 0.545. The van der Waals surface area contributed by atoms with Gasteiger partial charge in [0.1, 0.15) is 0 Å². The number of hydrogen-bond donors (Lipinski definition) is 2. The third-order valence-corrected chi connectivity index (χ3v) is 3.12. The minimum atomic E-state index is 0.247. The van der Waals surface area contributed by atoms with E-state index in [-0.39, 0.29) is 6.04 Å². The Kier molecular flexibility index (Phi) is 2.42. The van der Waals surface area contributed by atoms with E-state index < -0.39 is 0 Å². The highest BCUT2D eigenvalue weighted by Gasteiger charge is 2.37. The lowest BCUT2D eigenvalue weighted by Gasteiger charge is -2.11. The fourth-order valence-electron chi connectivity index (χ4n) is 1.96. The van der Waals surface area contributed by atoms with Gasteiger partial charge in [0, 0.05) is 24.1 Å². The molecule has 0 bridgehead atoms. The molecule has 0 aliphatic heterocycles. The number of nitrogen functional groups attached to an aromatic ring is 1. The average molecular weight is 191 g/mol. The molecule has 1 aliphatic rings. The van der Waals surface area contributed by atoms with E-state index in [1.54, 1.807) is 6.20 Å². The predicted molar refractivity (Wildman–Crippen MR) is 57.6 cm³/mol. The van der Waals surface area contributed by atoms with Crippen LogP contribution in [0, 0.1) is 11.8 Å². The first-order valence-electron chi connectivity index (χ1n) is 5.12. The Hall–Kier alpha value is -1.09. The Morgan fingerprint density at radius 1 is 1.64 bits per heavy atom. The Morgan fingerprint density at radius 3 is 2.93 bits per heavy atom. The zero-order valence-electron chi connectivity index (χ0n) is 8.48. The molecule has 1 aromatic rings. The van der Waals surface area contributed by atoms with Crippen molar-refractivity contribution in [2.45, 2.75) is 25.8 Å². The third-order valence-electron chi connectivity index (χ3n) is 3.12. The number of hydrogen-bond acceptors (Lipinski definition) is 3. The van der Waals surface area contributed by atoms with Gasteiger partial charge in [-0.15, -0.1) is 0 Å². The summed E-state index contributed by atoms with van der Waals surface area (Å²) in [5.41, 5.74) is 13.8. The second-order valence-corrected chi connectivity index (χ2v) is 4.32. The van der Waals surface area contributed by atoms with Crippen molar-refractivity contribution < 1.29 is 0 Å². The highest BCUT2D eigenvalue weighted by Crippen LogP contribution is 2.40. The van der Waals surface area contributed by atoms with Crippen molar-refractivity contribution in [2.75, 3.05) is 5.73 Å². The van der Waals surface area contributed by atoms with Crippen LogP contribution in [0.2, 0.25) is 0 Å². The van der Waals surface area contributed by atoms with E-state index in [0.29, 0.717) is 5.92 Å². The standard InChI is InChI=1S/C11H17N3/c1-7-4-9(7)11(13)5-8-6-14-3-2-10(8)12/h2-3,6-7,9,11H,4-5,13H2,1H3,(H2,12,14). The molecule has 1 saturated carbocycles. The van der Waals surface area contributed by atoms with Gasteiger partial charge in [-0.05, 0) is 36.3 Å². The van der Waals surface area contributed by atoms with Crippen molar-refractivity contribution in [3.63, 3.8) is 0 Å². The van der Waals surface area contributed by atoms with Gasteiger partial charge >= 0.3 is 0 Å². The van der Waals surface area contributed by atoms with Crippen LogP contribution in [0.15, 0.2) is 18.5 Å². The van der Waals surface area contributed by atoms with Crippen molar-refractivity contribution in [1.29, 1.82) is 0 Å². The van der Waals surface area contributed by atoms with Crippen LogP contribution in [0.3, 0.4) is 0 Å². The number of pyridine rings is 1. The molecule has 2 rings (SSSR count). The Balaban J connectivity index is 2.00. The summed E-state index contributed by atoms with van der Waals surface area (Å²) >= 11 is 0. The molecule has 1 aliphatic carbocycles. The maximum absolute atomic E-state index is 6.09. The van der Waals surface area contributed by atoms with Crippen LogP contribution in [0.25, 0.3) is 0 Å². The van der Waals surface area contributed by atoms with Gasteiger partial charge < -0.3 is 11.5 Å². The van der Waals surface area contributed by atoms with Gasteiger partial charge in [0.05, 0.1) is 0 Å². The Bertz CT molecular complexity index is 324. The first kappa shape index (κ1) is 9.46. The number of rotatable bonds is 3. The smallest absolute Gasteiger partial charge is 0.0378 e. The second kappa shape index (κ2) is 3.58. The van der Waals surface area contributed by atoms with Crippen molar-refractivity contribution in [3.8, 4) is 0 Å². The number of nitrogens with two attached hydrogens (primary N) is 2. The molecule has 0 radical (unpaired) electrons. The van der Waals surface area contributed by atoms with Crippen LogP contribution in [0.4, 0.5) is 5.69 Å². The maximum Gasteiger partial charge on any atom is 0.0378 e. The van der Waals surface area contributed by atoms with Crippen LogP contribution >= 0.6 is 0 Å². The molecule has 3 nitrogen and oxygen atoms in total. The highest BCUT2D eigenvalue weighted by atomic mass is 14.7. The molecule has 0 amide bonds. The van der Waals surface area contributed by atoms with Gasteiger partial charge in [0.25, 0.3) is 0 Å². The Morgan fingerprint density at radius 2 is 2.36 bits per heavy atom. The predicted octanol–water partition coefficient (Wildman–Crippen LogP) is 1.19. The second-order valence-electron chi connectivity index (χ2n) is 4.32. The van der Waals surface area contributed by atoms with E-state index in [1.807, 2.05) is 12.3 Å². The third kappa shape index (κ3) is 1.87. The molecule has 0 spiro atoms. The lowest BCUT2D eigenvalue weighted by Crippen LogP contribution is -2.26. The SMILES string of the molecule is CC1CC1C(N)Cc1cnccc1N. The average Bonchev–Trinajstić information content (AvgIpc) is 2.87. The highest BCUT2D eigenvalue weighted by molar-refractivity contribution is 5.44. The summed E-state index contributed by atoms with van der Waals surface area (Å²) in [7, 11) is 0. The van der Waals surface area contributed by atoms with Gasteiger partial charge in [0.2, 0.25) is 0 Å². The lowest BCUT2D eigenvalue weighted by molar-refractivity contribution is 0.560. The van der Waals surface area contributed by atoms with Crippen LogP contribution in [-0.2, 0) is 6.42 Å². The van der Waals surface area contributed by atoms with Crippen molar-refractivity contribution in [1.82, 2.24) is 4.98 Å². The Labute approximate surface area is 84.5 Å². The first-order chi connectivity index (χ1) is 6.68. The summed E-state index contributed by atoms with van der Waals surface area (Å²) in [4.78, 5) is 4.06. The number of nitrogens with zero attached hydrogens (tertiary/aromatic N) is 1. The largest absolute Gasteiger partial charge is 0.398 e. The molecular formula is C11H17N3. The van der Waals surface area contributed by atoms with E-state index in [9.17, 15) is 0 Å². The van der Waals surface area contributed by atoms with Gasteiger partial charge in [-0.1, -0.05) is 6.92 Å². The van der Waals surface area contributed by atoms with E-state index >= 15 is 0 Å². The van der Waals surface area contributed by atoms with Crippen LogP contribution in [0.1, 0.15) is 18.9 Å². The minimum Gasteiger partial charge on any atom is -0.398 e. The molecule has 1 fully saturated rings. The normalized spacial score (nSPS) is 27.3. The first-order valence-corrected chi connectivity index (χ1v) is 5.12. The molecular weight excluding hydrogens is 174 g/mol. The van der Waals surface area contributed by atoms with Crippen LogP contribution in [0.5, 0.6) is 0 Å². The van der Waals surface area contributed by atoms with E-state index in [4.69, 9.17) is 11.5 Å². The minimum absolute atomic E-state index is 0.247. The van der Waals surface area contributed by atoms with Crippen molar-refractivity contribution in [3.05, 3.63) is 24.0 Å². The molecule has 76 valence electrons. The quantitative estimate of drug-likeness (QED) is 0.754. The van der Waals surface area contributed by atoms with Crippen LogP contribution in [-0.4, -0.2) is 11.0 Å². The van der Waals surface area contributed by atoms with Gasteiger partial charge in [-0.25, -0.2) is 0 Å². The van der Waals surface area contributed by atoms with E-state index in [2.05, 4.69) is 11.9 Å². The summed E-state index contributed by atoms with van der Waals surface area (Å²) in [6.45, 7) is 2.25. The topological polar surface area (TPSA) is 64.9 Å². The zero-order chi connectivity index (χ0) is 10.1. The fourth-order valence-corrected chi connectivity index (χ4v) is 1.96. The van der Waals surface area contributed by atoms with E-state index in [1.165, 1.54) is 6.42 Å². The van der Waals surface area contributed by atoms with Gasteiger partial charge in [-0.3, -0.25) is 4.98 Å². The molecule has 0 aromatic carbocycles. The molecule has 3 unspecified atom stereocenters. The van der Waals surface area contributed by atoms with Crippen molar-refractivity contribution in [2.24, 2.45) is 17.6 Å². The summed E-state index contributed by atoms with van der Waals surface area (Å²) < 4.78 is 0. The molecule has 3 atom stereocenters. The van der Waals surface area contributed by atoms with Crippen molar-refractivity contribution >= 4 is 5.69 Å². The number of anilines is 1. The summed E-state index contributed by atoms with van der Waals surface area (Å²) in [6.07, 6.45) is 5.66.